The highest BCUT2D eigenvalue weighted by atomic mass is 28.4. The molecule has 7 unspecified atom stereocenters. The van der Waals surface area contributed by atoms with Gasteiger partial charge in [0, 0.05) is 6.42 Å². The van der Waals surface area contributed by atoms with Gasteiger partial charge in [-0.05, 0) is 135 Å². The maximum atomic E-state index is 10.2. The quantitative estimate of drug-likeness (QED) is 0.227. The number of aliphatic hydroxyl groups is 1. The lowest BCUT2D eigenvalue weighted by Crippen LogP contribution is -2.49. The molecule has 3 fully saturated rings. The molecule has 0 saturated heterocycles. The largest absolute Gasteiger partial charge is 0.413 e. The van der Waals surface area contributed by atoms with Gasteiger partial charge in [-0.3, -0.25) is 0 Å². The van der Waals surface area contributed by atoms with Gasteiger partial charge in [0.1, 0.15) is 0 Å². The summed E-state index contributed by atoms with van der Waals surface area (Å²) < 4.78 is 14.2. The summed E-state index contributed by atoms with van der Waals surface area (Å²) in [5, 5.41) is 10.6. The van der Waals surface area contributed by atoms with E-state index in [0.29, 0.717) is 5.41 Å². The molecule has 5 heteroatoms. The van der Waals surface area contributed by atoms with E-state index in [1.165, 1.54) is 56.1 Å². The smallest absolute Gasteiger partial charge is 0.192 e. The van der Waals surface area contributed by atoms with Gasteiger partial charge in [-0.2, -0.15) is 0 Å². The van der Waals surface area contributed by atoms with Crippen LogP contribution in [0, 0.1) is 29.1 Å². The van der Waals surface area contributed by atoms with E-state index < -0.39 is 22.2 Å². The Hall–Kier alpha value is -0.206. The first-order valence-corrected chi connectivity index (χ1v) is 24.2. The van der Waals surface area contributed by atoms with Crippen LogP contribution in [0.5, 0.6) is 0 Å². The van der Waals surface area contributed by atoms with Crippen molar-refractivity contribution < 1.29 is 14.0 Å². The SMILES string of the molecule is C=C1/C(=C/CC2CCCC3(C)C(C(C)CCCC(C)(C)O)CCC23)CC(O[Si](C)(C)C(C)(C)C)CC1O[Si](C)(C)C(C)(C)C. The summed E-state index contributed by atoms with van der Waals surface area (Å²) in [4.78, 5) is 0. The average Bonchev–Trinajstić information content (AvgIpc) is 3.20. The number of hydrogen-bond acceptors (Lipinski definition) is 3. The molecule has 0 aromatic carbocycles. The molecule has 3 rings (SSSR count). The fourth-order valence-electron chi connectivity index (χ4n) is 8.55. The normalized spacial score (nSPS) is 32.7. The standard InChI is InChI=1S/C39H74O3Si2/c1-28(18-16-24-38(9,10)40)33-22-23-34-30(19-17-25-39(33,34)11)20-21-31-26-32(41-43(12,13)36(3,4)5)27-35(29(31)2)42-44(14,15)37(6,7)8/h21,28,30,32-35,40H,2,16-20,22-27H2,1,3-15H3/b31-21+. The highest BCUT2D eigenvalue weighted by Crippen LogP contribution is 2.61. The second-order valence-corrected chi connectivity index (χ2v) is 28.9. The first kappa shape index (κ1) is 38.2. The second kappa shape index (κ2) is 13.7. The van der Waals surface area contributed by atoms with Crippen LogP contribution in [0.25, 0.3) is 0 Å². The number of allylic oxidation sites excluding steroid dienone is 1. The molecule has 0 bridgehead atoms. The van der Waals surface area contributed by atoms with Crippen molar-refractivity contribution in [1.82, 2.24) is 0 Å². The van der Waals surface area contributed by atoms with E-state index in [0.717, 1.165) is 49.4 Å². The lowest BCUT2D eigenvalue weighted by atomic mass is 9.58. The first-order valence-electron chi connectivity index (χ1n) is 18.3. The van der Waals surface area contributed by atoms with Crippen molar-refractivity contribution in [3.05, 3.63) is 23.8 Å². The minimum Gasteiger partial charge on any atom is -0.413 e. The topological polar surface area (TPSA) is 38.7 Å². The van der Waals surface area contributed by atoms with Crippen LogP contribution in [-0.2, 0) is 8.85 Å². The van der Waals surface area contributed by atoms with E-state index in [2.05, 4.69) is 87.7 Å². The molecule has 256 valence electrons. The minimum atomic E-state index is -1.96. The van der Waals surface area contributed by atoms with Crippen LogP contribution in [0.3, 0.4) is 0 Å². The van der Waals surface area contributed by atoms with E-state index in [4.69, 9.17) is 15.4 Å². The summed E-state index contributed by atoms with van der Waals surface area (Å²) >= 11 is 0. The molecule has 3 nitrogen and oxygen atoms in total. The Morgan fingerprint density at radius 1 is 0.955 bits per heavy atom. The highest BCUT2D eigenvalue weighted by Gasteiger charge is 2.52. The average molecular weight is 647 g/mol. The fraction of sp³-hybridized carbons (Fsp3) is 0.897. The van der Waals surface area contributed by atoms with Crippen LogP contribution < -0.4 is 0 Å². The summed E-state index contributed by atoms with van der Waals surface area (Å²) in [5.74, 6) is 3.15. The molecule has 0 aromatic rings. The summed E-state index contributed by atoms with van der Waals surface area (Å²) in [5.41, 5.74) is 2.57. The molecular weight excluding hydrogens is 573 g/mol. The Morgan fingerprint density at radius 2 is 1.55 bits per heavy atom. The van der Waals surface area contributed by atoms with Gasteiger partial charge < -0.3 is 14.0 Å². The van der Waals surface area contributed by atoms with Gasteiger partial charge in [-0.15, -0.1) is 0 Å². The molecule has 0 aliphatic heterocycles. The zero-order valence-corrected chi connectivity index (χ0v) is 33.8. The molecule has 3 saturated carbocycles. The van der Waals surface area contributed by atoms with Gasteiger partial charge in [-0.1, -0.05) is 87.3 Å². The van der Waals surface area contributed by atoms with Gasteiger partial charge in [-0.25, -0.2) is 0 Å². The summed E-state index contributed by atoms with van der Waals surface area (Å²) in [6.07, 6.45) is 16.1. The van der Waals surface area contributed by atoms with Crippen LogP contribution in [0.15, 0.2) is 23.8 Å². The fourth-order valence-corrected chi connectivity index (χ4v) is 11.2. The molecule has 0 heterocycles. The van der Waals surface area contributed by atoms with Gasteiger partial charge in [0.15, 0.2) is 16.6 Å². The predicted molar refractivity (Wildman–Crippen MR) is 196 cm³/mol. The van der Waals surface area contributed by atoms with Gasteiger partial charge >= 0.3 is 0 Å². The van der Waals surface area contributed by atoms with E-state index >= 15 is 0 Å². The van der Waals surface area contributed by atoms with Crippen molar-refractivity contribution in [3.63, 3.8) is 0 Å². The van der Waals surface area contributed by atoms with Gasteiger partial charge in [0.25, 0.3) is 0 Å². The number of hydrogen-bond donors (Lipinski definition) is 1. The Bertz CT molecular complexity index is 1010. The van der Waals surface area contributed by atoms with E-state index in [1.54, 1.807) is 0 Å². The summed E-state index contributed by atoms with van der Waals surface area (Å²) in [7, 11) is -3.86. The van der Waals surface area contributed by atoms with E-state index in [-0.39, 0.29) is 22.3 Å². The maximum absolute atomic E-state index is 10.2. The highest BCUT2D eigenvalue weighted by molar-refractivity contribution is 6.74. The Balaban J connectivity index is 1.79. The van der Waals surface area contributed by atoms with Crippen LogP contribution in [0.1, 0.15) is 140 Å². The van der Waals surface area contributed by atoms with E-state index in [1.807, 2.05) is 13.8 Å². The molecule has 44 heavy (non-hydrogen) atoms. The lowest BCUT2D eigenvalue weighted by Gasteiger charge is -2.47. The monoisotopic (exact) mass is 647 g/mol. The van der Waals surface area contributed by atoms with Crippen LogP contribution in [0.4, 0.5) is 0 Å². The van der Waals surface area contributed by atoms with Crippen LogP contribution >= 0.6 is 0 Å². The van der Waals surface area contributed by atoms with E-state index in [9.17, 15) is 5.11 Å². The molecular formula is C39H74O3Si2. The van der Waals surface area contributed by atoms with Gasteiger partial charge in [0.05, 0.1) is 17.8 Å². The maximum Gasteiger partial charge on any atom is 0.192 e. The summed E-state index contributed by atoms with van der Waals surface area (Å²) in [6.45, 7) is 37.4. The molecule has 1 N–H and O–H groups in total. The first-order chi connectivity index (χ1) is 19.9. The minimum absolute atomic E-state index is 0.0582. The Labute approximate surface area is 276 Å². The zero-order valence-electron chi connectivity index (χ0n) is 31.8. The lowest BCUT2D eigenvalue weighted by molar-refractivity contribution is 0.0259. The predicted octanol–water partition coefficient (Wildman–Crippen LogP) is 11.8. The number of rotatable bonds is 11. The molecule has 0 aromatic heterocycles. The van der Waals surface area contributed by atoms with Crippen molar-refractivity contribution in [2.24, 2.45) is 29.1 Å². The van der Waals surface area contributed by atoms with Crippen molar-refractivity contribution in [2.75, 3.05) is 0 Å². The van der Waals surface area contributed by atoms with Crippen molar-refractivity contribution in [1.29, 1.82) is 0 Å². The molecule has 0 amide bonds. The van der Waals surface area contributed by atoms with Crippen molar-refractivity contribution in [2.45, 2.75) is 194 Å². The van der Waals surface area contributed by atoms with Crippen molar-refractivity contribution >= 4 is 16.6 Å². The third-order valence-corrected chi connectivity index (χ3v) is 22.4. The number of fused-ring (bicyclic) bond motifs is 1. The molecule has 0 radical (unpaired) electrons. The summed E-state index contributed by atoms with van der Waals surface area (Å²) in [6, 6.07) is 0. The molecule has 3 aliphatic carbocycles. The van der Waals surface area contributed by atoms with Crippen molar-refractivity contribution in [3.8, 4) is 0 Å². The zero-order chi connectivity index (χ0) is 33.5. The Kier molecular flexibility index (Phi) is 11.9. The molecule has 0 spiro atoms. The van der Waals surface area contributed by atoms with Crippen LogP contribution in [0.2, 0.25) is 36.3 Å². The Morgan fingerprint density at radius 3 is 2.11 bits per heavy atom. The third-order valence-electron chi connectivity index (χ3n) is 13.4. The molecule has 3 aliphatic rings. The third kappa shape index (κ3) is 9.02. The second-order valence-electron chi connectivity index (χ2n) is 19.4. The van der Waals surface area contributed by atoms with Gasteiger partial charge in [0.2, 0.25) is 0 Å². The molecule has 7 atom stereocenters. The van der Waals surface area contributed by atoms with Crippen LogP contribution in [-0.4, -0.2) is 39.6 Å².